The molecule has 0 aromatic carbocycles. The van der Waals surface area contributed by atoms with Crippen LogP contribution in [0.25, 0.3) is 0 Å². The zero-order valence-corrected chi connectivity index (χ0v) is 10.8. The van der Waals surface area contributed by atoms with E-state index in [0.29, 0.717) is 12.6 Å². The Balaban J connectivity index is 2.30. The zero-order valence-electron chi connectivity index (χ0n) is 10.8. The molecule has 0 saturated carbocycles. The van der Waals surface area contributed by atoms with E-state index in [9.17, 15) is 4.79 Å². The first-order chi connectivity index (χ1) is 7.69. The van der Waals surface area contributed by atoms with Crippen LogP contribution in [-0.2, 0) is 4.79 Å². The molecule has 0 aromatic rings. The lowest BCUT2D eigenvalue weighted by atomic mass is 10.2. The second kappa shape index (κ2) is 6.86. The highest BCUT2D eigenvalue weighted by Gasteiger charge is 2.24. The molecule has 1 rings (SSSR count). The van der Waals surface area contributed by atoms with Crippen LogP contribution in [0.3, 0.4) is 0 Å². The minimum absolute atomic E-state index is 0.246. The lowest BCUT2D eigenvalue weighted by molar-refractivity contribution is -0.133. The van der Waals surface area contributed by atoms with Gasteiger partial charge in [0.05, 0.1) is 6.54 Å². The average molecular weight is 227 g/mol. The van der Waals surface area contributed by atoms with Crippen molar-refractivity contribution >= 4 is 5.91 Å². The Bertz CT molecular complexity index is 220. The van der Waals surface area contributed by atoms with Gasteiger partial charge in [-0.2, -0.15) is 0 Å². The van der Waals surface area contributed by atoms with Gasteiger partial charge >= 0.3 is 0 Å². The molecule has 0 aromatic heterocycles. The second-order valence-corrected chi connectivity index (χ2v) is 4.49. The van der Waals surface area contributed by atoms with Crippen LogP contribution >= 0.6 is 0 Å². The number of rotatable bonds is 5. The van der Waals surface area contributed by atoms with Crippen molar-refractivity contribution in [2.24, 2.45) is 0 Å². The maximum Gasteiger partial charge on any atom is 0.236 e. The van der Waals surface area contributed by atoms with Crippen LogP contribution in [0.2, 0.25) is 0 Å². The van der Waals surface area contributed by atoms with Crippen LogP contribution in [0.4, 0.5) is 0 Å². The molecule has 1 amide bonds. The molecule has 16 heavy (non-hydrogen) atoms. The smallest absolute Gasteiger partial charge is 0.236 e. The van der Waals surface area contributed by atoms with Crippen LogP contribution in [0.1, 0.15) is 27.2 Å². The van der Waals surface area contributed by atoms with E-state index in [1.807, 2.05) is 4.90 Å². The van der Waals surface area contributed by atoms with Gasteiger partial charge in [0.25, 0.3) is 0 Å². The Kier molecular flexibility index (Phi) is 5.77. The molecule has 0 radical (unpaired) electrons. The standard InChI is InChI=1S/C12H25N3O/c1-4-6-13-9-12(16)15-8-7-14(5-2)11(3)10-15/h11,13H,4-10H2,1-3H3. The van der Waals surface area contributed by atoms with Crippen molar-refractivity contribution in [2.75, 3.05) is 39.3 Å². The molecule has 4 heteroatoms. The summed E-state index contributed by atoms with van der Waals surface area (Å²) in [7, 11) is 0. The van der Waals surface area contributed by atoms with Crippen LogP contribution < -0.4 is 5.32 Å². The van der Waals surface area contributed by atoms with Crippen molar-refractivity contribution in [2.45, 2.75) is 33.2 Å². The molecule has 0 bridgehead atoms. The molecule has 1 unspecified atom stereocenters. The number of nitrogens with one attached hydrogen (secondary N) is 1. The average Bonchev–Trinajstić information content (AvgIpc) is 2.29. The Labute approximate surface area is 99.0 Å². The van der Waals surface area contributed by atoms with E-state index in [-0.39, 0.29) is 5.91 Å². The number of carbonyl (C=O) groups is 1. The van der Waals surface area contributed by atoms with Gasteiger partial charge in [0.2, 0.25) is 5.91 Å². The summed E-state index contributed by atoms with van der Waals surface area (Å²) < 4.78 is 0. The third-order valence-corrected chi connectivity index (χ3v) is 3.23. The predicted molar refractivity (Wildman–Crippen MR) is 66.4 cm³/mol. The molecular formula is C12H25N3O. The second-order valence-electron chi connectivity index (χ2n) is 4.49. The Hall–Kier alpha value is -0.610. The van der Waals surface area contributed by atoms with Gasteiger partial charge in [0, 0.05) is 25.7 Å². The van der Waals surface area contributed by atoms with Gasteiger partial charge in [-0.3, -0.25) is 9.69 Å². The number of likely N-dealkylation sites (N-methyl/N-ethyl adjacent to an activating group) is 1. The van der Waals surface area contributed by atoms with Crippen molar-refractivity contribution in [1.29, 1.82) is 0 Å². The van der Waals surface area contributed by atoms with Crippen molar-refractivity contribution in [1.82, 2.24) is 15.1 Å². The van der Waals surface area contributed by atoms with Crippen LogP contribution in [0.5, 0.6) is 0 Å². The first kappa shape index (κ1) is 13.5. The van der Waals surface area contributed by atoms with E-state index in [0.717, 1.165) is 39.1 Å². The van der Waals surface area contributed by atoms with E-state index in [2.05, 4.69) is 31.0 Å². The Morgan fingerprint density at radius 1 is 1.38 bits per heavy atom. The minimum atomic E-state index is 0.246. The third kappa shape index (κ3) is 3.76. The van der Waals surface area contributed by atoms with E-state index in [4.69, 9.17) is 0 Å². The van der Waals surface area contributed by atoms with Crippen molar-refractivity contribution < 1.29 is 4.79 Å². The molecule has 1 aliphatic heterocycles. The summed E-state index contributed by atoms with van der Waals surface area (Å²) in [6.07, 6.45) is 1.08. The first-order valence-corrected chi connectivity index (χ1v) is 6.41. The molecule has 1 N–H and O–H groups in total. The highest BCUT2D eigenvalue weighted by atomic mass is 16.2. The summed E-state index contributed by atoms with van der Waals surface area (Å²) in [6, 6.07) is 0.494. The molecule has 1 fully saturated rings. The summed E-state index contributed by atoms with van der Waals surface area (Å²) >= 11 is 0. The summed E-state index contributed by atoms with van der Waals surface area (Å²) in [6.45, 7) is 11.8. The molecule has 1 aliphatic rings. The van der Waals surface area contributed by atoms with Crippen molar-refractivity contribution in [3.63, 3.8) is 0 Å². The molecule has 94 valence electrons. The van der Waals surface area contributed by atoms with Gasteiger partial charge in [0.15, 0.2) is 0 Å². The normalized spacial score (nSPS) is 22.4. The van der Waals surface area contributed by atoms with E-state index in [1.54, 1.807) is 0 Å². The lowest BCUT2D eigenvalue weighted by Crippen LogP contribution is -2.54. The van der Waals surface area contributed by atoms with Gasteiger partial charge in [-0.1, -0.05) is 13.8 Å². The summed E-state index contributed by atoms with van der Waals surface area (Å²) in [5, 5.41) is 3.17. The Morgan fingerprint density at radius 2 is 2.12 bits per heavy atom. The molecule has 0 spiro atoms. The molecular weight excluding hydrogens is 202 g/mol. The van der Waals surface area contributed by atoms with Crippen LogP contribution in [0.15, 0.2) is 0 Å². The van der Waals surface area contributed by atoms with Crippen LogP contribution in [0, 0.1) is 0 Å². The van der Waals surface area contributed by atoms with E-state index < -0.39 is 0 Å². The highest BCUT2D eigenvalue weighted by molar-refractivity contribution is 5.78. The molecule has 0 aliphatic carbocycles. The summed E-state index contributed by atoms with van der Waals surface area (Å²) in [4.78, 5) is 16.3. The lowest BCUT2D eigenvalue weighted by Gasteiger charge is -2.39. The molecule has 4 nitrogen and oxygen atoms in total. The SMILES string of the molecule is CCCNCC(=O)N1CCN(CC)C(C)C1. The predicted octanol–water partition coefficient (Wildman–Crippen LogP) is 0.539. The van der Waals surface area contributed by atoms with Gasteiger partial charge in [0.1, 0.15) is 0 Å². The van der Waals surface area contributed by atoms with Crippen LogP contribution in [-0.4, -0.2) is 61.0 Å². The minimum Gasteiger partial charge on any atom is -0.339 e. The highest BCUT2D eigenvalue weighted by Crippen LogP contribution is 2.08. The van der Waals surface area contributed by atoms with Gasteiger partial charge in [-0.25, -0.2) is 0 Å². The largest absolute Gasteiger partial charge is 0.339 e. The topological polar surface area (TPSA) is 35.6 Å². The Morgan fingerprint density at radius 3 is 2.69 bits per heavy atom. The maximum absolute atomic E-state index is 11.9. The number of amides is 1. The maximum atomic E-state index is 11.9. The third-order valence-electron chi connectivity index (χ3n) is 3.23. The first-order valence-electron chi connectivity index (χ1n) is 6.41. The number of hydrogen-bond acceptors (Lipinski definition) is 3. The number of hydrogen-bond donors (Lipinski definition) is 1. The fourth-order valence-corrected chi connectivity index (χ4v) is 2.18. The van der Waals surface area contributed by atoms with Gasteiger partial charge in [-0.15, -0.1) is 0 Å². The monoisotopic (exact) mass is 227 g/mol. The molecule has 1 heterocycles. The number of nitrogens with zero attached hydrogens (tertiary/aromatic N) is 2. The van der Waals surface area contributed by atoms with E-state index >= 15 is 0 Å². The fraction of sp³-hybridized carbons (Fsp3) is 0.917. The molecule has 1 atom stereocenters. The summed E-state index contributed by atoms with van der Waals surface area (Å²) in [5.41, 5.74) is 0. The number of piperazine rings is 1. The van der Waals surface area contributed by atoms with Gasteiger partial charge in [-0.05, 0) is 26.4 Å². The zero-order chi connectivity index (χ0) is 12.0. The summed E-state index contributed by atoms with van der Waals surface area (Å²) in [5.74, 6) is 0.246. The van der Waals surface area contributed by atoms with Crippen molar-refractivity contribution in [3.05, 3.63) is 0 Å². The quantitative estimate of drug-likeness (QED) is 0.696. The fourth-order valence-electron chi connectivity index (χ4n) is 2.18. The number of carbonyl (C=O) groups excluding carboxylic acids is 1. The molecule has 1 saturated heterocycles. The van der Waals surface area contributed by atoms with E-state index in [1.165, 1.54) is 0 Å². The van der Waals surface area contributed by atoms with Crippen molar-refractivity contribution in [3.8, 4) is 0 Å². The van der Waals surface area contributed by atoms with Gasteiger partial charge < -0.3 is 10.2 Å².